The maximum absolute atomic E-state index is 12.9. The molecule has 140 valence electrons. The van der Waals surface area contributed by atoms with Crippen LogP contribution in [0.5, 0.6) is 0 Å². The number of sulfonamides is 1. The monoisotopic (exact) mass is 404 g/mol. The fourth-order valence-corrected chi connectivity index (χ4v) is 4.15. The van der Waals surface area contributed by atoms with Crippen molar-refractivity contribution in [3.05, 3.63) is 88.3 Å². The minimum atomic E-state index is -3.77. The second-order valence-corrected chi connectivity index (χ2v) is 8.20. The van der Waals surface area contributed by atoms with Crippen molar-refractivity contribution in [3.63, 3.8) is 0 Å². The highest BCUT2D eigenvalue weighted by molar-refractivity contribution is 7.92. The summed E-state index contributed by atoms with van der Waals surface area (Å²) < 4.78 is 40.5. The first-order valence-corrected chi connectivity index (χ1v) is 10.2. The van der Waals surface area contributed by atoms with Crippen molar-refractivity contribution in [2.45, 2.75) is 24.7 Å². The molecule has 0 aliphatic heterocycles. The second-order valence-electron chi connectivity index (χ2n) is 6.15. The van der Waals surface area contributed by atoms with Crippen LogP contribution in [0.1, 0.15) is 16.7 Å². The molecule has 0 bridgehead atoms. The Morgan fingerprint density at radius 3 is 2.33 bits per heavy atom. The standard InChI is InChI=1S/C20H18ClFN2O2S/c1-14-18(21)3-2-4-19(14)27(25,26)24-20-12-9-16(13-23-20)6-5-15-7-10-17(22)11-8-15/h2-4,7-13H,5-6H2,1H3,(H,23,24). The maximum Gasteiger partial charge on any atom is 0.263 e. The number of halogens is 2. The van der Waals surface area contributed by atoms with E-state index in [-0.39, 0.29) is 16.5 Å². The molecule has 3 rings (SSSR count). The van der Waals surface area contributed by atoms with Gasteiger partial charge in [-0.1, -0.05) is 35.9 Å². The molecule has 4 nitrogen and oxygen atoms in total. The van der Waals surface area contributed by atoms with Crippen molar-refractivity contribution in [2.75, 3.05) is 4.72 Å². The van der Waals surface area contributed by atoms with E-state index in [1.165, 1.54) is 18.2 Å². The number of aromatic nitrogens is 1. The number of nitrogens with zero attached hydrogens (tertiary/aromatic N) is 1. The molecule has 0 aliphatic rings. The van der Waals surface area contributed by atoms with Gasteiger partial charge in [-0.2, -0.15) is 0 Å². The molecule has 1 aromatic heterocycles. The van der Waals surface area contributed by atoms with E-state index in [1.807, 2.05) is 6.07 Å². The minimum absolute atomic E-state index is 0.122. The lowest BCUT2D eigenvalue weighted by Gasteiger charge is -2.11. The number of benzene rings is 2. The van der Waals surface area contributed by atoms with Gasteiger partial charge in [-0.25, -0.2) is 17.8 Å². The molecule has 0 saturated heterocycles. The minimum Gasteiger partial charge on any atom is -0.263 e. The van der Waals surface area contributed by atoms with Crippen molar-refractivity contribution in [1.82, 2.24) is 4.98 Å². The summed E-state index contributed by atoms with van der Waals surface area (Å²) in [7, 11) is -3.77. The number of rotatable bonds is 6. The Morgan fingerprint density at radius 2 is 1.67 bits per heavy atom. The third kappa shape index (κ3) is 4.84. The van der Waals surface area contributed by atoms with Crippen molar-refractivity contribution >= 4 is 27.4 Å². The summed E-state index contributed by atoms with van der Waals surface area (Å²) in [6, 6.07) is 14.5. The molecular formula is C20H18ClFN2O2S. The summed E-state index contributed by atoms with van der Waals surface area (Å²) in [5.41, 5.74) is 2.47. The van der Waals surface area contributed by atoms with Crippen LogP contribution in [-0.2, 0) is 22.9 Å². The van der Waals surface area contributed by atoms with Gasteiger partial charge in [-0.3, -0.25) is 4.72 Å². The zero-order valence-electron chi connectivity index (χ0n) is 14.6. The highest BCUT2D eigenvalue weighted by Gasteiger charge is 2.18. The van der Waals surface area contributed by atoms with Crippen LogP contribution < -0.4 is 4.72 Å². The van der Waals surface area contributed by atoms with Gasteiger partial charge in [0, 0.05) is 11.2 Å². The van der Waals surface area contributed by atoms with Crippen molar-refractivity contribution in [2.24, 2.45) is 0 Å². The van der Waals surface area contributed by atoms with Crippen LogP contribution >= 0.6 is 11.6 Å². The van der Waals surface area contributed by atoms with Crippen molar-refractivity contribution in [1.29, 1.82) is 0 Å². The molecule has 0 atom stereocenters. The average molecular weight is 405 g/mol. The topological polar surface area (TPSA) is 59.1 Å². The molecule has 0 spiro atoms. The number of aryl methyl sites for hydroxylation is 2. The summed E-state index contributed by atoms with van der Waals surface area (Å²) in [4.78, 5) is 4.31. The van der Waals surface area contributed by atoms with Crippen molar-refractivity contribution in [3.8, 4) is 0 Å². The fraction of sp³-hybridized carbons (Fsp3) is 0.150. The molecule has 0 fully saturated rings. The zero-order valence-corrected chi connectivity index (χ0v) is 16.2. The first-order valence-electron chi connectivity index (χ1n) is 8.32. The van der Waals surface area contributed by atoms with Crippen LogP contribution in [-0.4, -0.2) is 13.4 Å². The molecule has 0 saturated carbocycles. The lowest BCUT2D eigenvalue weighted by Crippen LogP contribution is -2.15. The van der Waals surface area contributed by atoms with Crippen LogP contribution in [0.25, 0.3) is 0 Å². The van der Waals surface area contributed by atoms with Crippen LogP contribution in [0.3, 0.4) is 0 Å². The van der Waals surface area contributed by atoms with Gasteiger partial charge in [-0.05, 0) is 66.8 Å². The highest BCUT2D eigenvalue weighted by atomic mass is 35.5. The normalized spacial score (nSPS) is 11.4. The predicted molar refractivity (Wildman–Crippen MR) is 105 cm³/mol. The van der Waals surface area contributed by atoms with Gasteiger partial charge in [0.25, 0.3) is 10.0 Å². The SMILES string of the molecule is Cc1c(Cl)cccc1S(=O)(=O)Nc1ccc(CCc2ccc(F)cc2)cn1. The smallest absolute Gasteiger partial charge is 0.263 e. The number of pyridine rings is 1. The molecule has 0 amide bonds. The molecule has 1 N–H and O–H groups in total. The average Bonchev–Trinajstić information content (AvgIpc) is 2.64. The molecule has 0 aliphatic carbocycles. The van der Waals surface area contributed by atoms with Gasteiger partial charge >= 0.3 is 0 Å². The lowest BCUT2D eigenvalue weighted by molar-refractivity contribution is 0.600. The highest BCUT2D eigenvalue weighted by Crippen LogP contribution is 2.24. The van der Waals surface area contributed by atoms with Crippen LogP contribution in [0.15, 0.2) is 65.7 Å². The molecule has 7 heteroatoms. The van der Waals surface area contributed by atoms with Crippen LogP contribution in [0.4, 0.5) is 10.2 Å². The van der Waals surface area contributed by atoms with Gasteiger partial charge in [0.05, 0.1) is 4.90 Å². The fourth-order valence-electron chi connectivity index (χ4n) is 2.64. The van der Waals surface area contributed by atoms with E-state index in [9.17, 15) is 12.8 Å². The van der Waals surface area contributed by atoms with E-state index in [1.54, 1.807) is 43.5 Å². The number of hydrogen-bond acceptors (Lipinski definition) is 3. The number of hydrogen-bond donors (Lipinski definition) is 1. The molecule has 3 aromatic rings. The van der Waals surface area contributed by atoms with Gasteiger partial charge in [0.15, 0.2) is 0 Å². The van der Waals surface area contributed by atoms with Gasteiger partial charge in [-0.15, -0.1) is 0 Å². The number of nitrogens with one attached hydrogen (secondary N) is 1. The Hall–Kier alpha value is -2.44. The molecule has 2 aromatic carbocycles. The summed E-state index contributed by atoms with van der Waals surface area (Å²) in [6.45, 7) is 1.66. The molecule has 1 heterocycles. The van der Waals surface area contributed by atoms with Gasteiger partial charge in [0.1, 0.15) is 11.6 Å². The summed E-state index contributed by atoms with van der Waals surface area (Å²) in [5.74, 6) is -0.0214. The lowest BCUT2D eigenvalue weighted by atomic mass is 10.1. The first kappa shape index (κ1) is 19.3. The summed E-state index contributed by atoms with van der Waals surface area (Å²) in [6.07, 6.45) is 3.10. The van der Waals surface area contributed by atoms with Crippen LogP contribution in [0, 0.1) is 12.7 Å². The second kappa shape index (κ2) is 8.06. The van der Waals surface area contributed by atoms with Gasteiger partial charge in [0.2, 0.25) is 0 Å². The quantitative estimate of drug-likeness (QED) is 0.643. The van der Waals surface area contributed by atoms with E-state index in [4.69, 9.17) is 11.6 Å². The van der Waals surface area contributed by atoms with E-state index >= 15 is 0 Å². The van der Waals surface area contributed by atoms with E-state index in [0.717, 1.165) is 24.0 Å². The molecule has 0 unspecified atom stereocenters. The Kier molecular flexibility index (Phi) is 5.77. The molecular weight excluding hydrogens is 387 g/mol. The Labute approximate surface area is 163 Å². The predicted octanol–water partition coefficient (Wildman–Crippen LogP) is 4.77. The zero-order chi connectivity index (χ0) is 19.4. The van der Waals surface area contributed by atoms with E-state index in [0.29, 0.717) is 10.6 Å². The Balaban J connectivity index is 1.68. The first-order chi connectivity index (χ1) is 12.8. The summed E-state index contributed by atoms with van der Waals surface area (Å²) >= 11 is 6.01. The van der Waals surface area contributed by atoms with Crippen LogP contribution in [0.2, 0.25) is 5.02 Å². The maximum atomic E-state index is 12.9. The Bertz CT molecular complexity index is 1040. The number of anilines is 1. The third-order valence-corrected chi connectivity index (χ3v) is 6.10. The van der Waals surface area contributed by atoms with Crippen molar-refractivity contribution < 1.29 is 12.8 Å². The van der Waals surface area contributed by atoms with E-state index < -0.39 is 10.0 Å². The van der Waals surface area contributed by atoms with E-state index in [2.05, 4.69) is 9.71 Å². The molecule has 27 heavy (non-hydrogen) atoms. The Morgan fingerprint density at radius 1 is 1.00 bits per heavy atom. The largest absolute Gasteiger partial charge is 0.263 e. The third-order valence-electron chi connectivity index (χ3n) is 4.19. The van der Waals surface area contributed by atoms with Gasteiger partial charge < -0.3 is 0 Å². The summed E-state index contributed by atoms with van der Waals surface area (Å²) in [5, 5.41) is 0.391. The molecule has 0 radical (unpaired) electrons.